The molecular formula is C14H21N3O2. The van der Waals surface area contributed by atoms with Gasteiger partial charge in [-0.2, -0.15) is 0 Å². The quantitative estimate of drug-likeness (QED) is 0.850. The molecule has 2 N–H and O–H groups in total. The Morgan fingerprint density at radius 1 is 1.47 bits per heavy atom. The van der Waals surface area contributed by atoms with Gasteiger partial charge in [0, 0.05) is 19.5 Å². The third-order valence-corrected chi connectivity index (χ3v) is 3.25. The van der Waals surface area contributed by atoms with Crippen LogP contribution in [0.15, 0.2) is 18.3 Å². The first-order valence-electron chi connectivity index (χ1n) is 6.84. The van der Waals surface area contributed by atoms with Crippen LogP contribution in [0.4, 0.5) is 11.5 Å². The van der Waals surface area contributed by atoms with Crippen LogP contribution in [-0.4, -0.2) is 35.2 Å². The number of amides is 1. The van der Waals surface area contributed by atoms with Gasteiger partial charge in [0.25, 0.3) is 0 Å². The smallest absolute Gasteiger partial charge is 0.224 e. The lowest BCUT2D eigenvalue weighted by Gasteiger charge is -2.16. The number of nitrogens with zero attached hydrogens (tertiary/aromatic N) is 2. The third kappa shape index (κ3) is 4.21. The summed E-state index contributed by atoms with van der Waals surface area (Å²) in [5.41, 5.74) is 0.707. The molecule has 1 fully saturated rings. The molecule has 2 heterocycles. The van der Waals surface area contributed by atoms with Gasteiger partial charge in [-0.1, -0.05) is 0 Å². The second-order valence-electron chi connectivity index (χ2n) is 5.04. The van der Waals surface area contributed by atoms with Gasteiger partial charge in [-0.05, 0) is 38.3 Å². The van der Waals surface area contributed by atoms with Crippen LogP contribution in [0.2, 0.25) is 0 Å². The average molecular weight is 263 g/mol. The lowest BCUT2D eigenvalue weighted by Crippen LogP contribution is -2.19. The summed E-state index contributed by atoms with van der Waals surface area (Å²) in [6, 6.07) is 3.82. The van der Waals surface area contributed by atoms with Gasteiger partial charge in [-0.25, -0.2) is 4.98 Å². The summed E-state index contributed by atoms with van der Waals surface area (Å²) in [4.78, 5) is 18.2. The Morgan fingerprint density at radius 2 is 2.21 bits per heavy atom. The van der Waals surface area contributed by atoms with Gasteiger partial charge in [0.05, 0.1) is 18.0 Å². The van der Waals surface area contributed by atoms with E-state index in [1.807, 2.05) is 12.1 Å². The number of rotatable bonds is 5. The van der Waals surface area contributed by atoms with Gasteiger partial charge in [0.1, 0.15) is 5.82 Å². The predicted octanol–water partition coefficient (Wildman–Crippen LogP) is 1.78. The van der Waals surface area contributed by atoms with E-state index in [9.17, 15) is 4.79 Å². The maximum atomic E-state index is 11.6. The Labute approximate surface area is 113 Å². The molecule has 5 nitrogen and oxygen atoms in total. The number of pyridine rings is 1. The van der Waals surface area contributed by atoms with Crippen molar-refractivity contribution >= 4 is 17.4 Å². The van der Waals surface area contributed by atoms with E-state index in [2.05, 4.69) is 15.2 Å². The molecule has 1 amide bonds. The minimum absolute atomic E-state index is 0.0865. The van der Waals surface area contributed by atoms with Crippen molar-refractivity contribution in [1.82, 2.24) is 4.98 Å². The maximum absolute atomic E-state index is 11.6. The van der Waals surface area contributed by atoms with Crippen molar-refractivity contribution in [3.05, 3.63) is 18.3 Å². The van der Waals surface area contributed by atoms with Crippen molar-refractivity contribution in [3.63, 3.8) is 0 Å². The molecule has 1 aromatic rings. The number of carbonyl (C=O) groups is 1. The molecule has 19 heavy (non-hydrogen) atoms. The molecule has 5 heteroatoms. The van der Waals surface area contributed by atoms with Crippen LogP contribution in [0.3, 0.4) is 0 Å². The van der Waals surface area contributed by atoms with Crippen LogP contribution in [-0.2, 0) is 4.79 Å². The number of anilines is 2. The third-order valence-electron chi connectivity index (χ3n) is 3.25. The van der Waals surface area contributed by atoms with Crippen molar-refractivity contribution in [2.75, 3.05) is 23.3 Å². The summed E-state index contributed by atoms with van der Waals surface area (Å²) in [7, 11) is 0. The molecule has 1 aromatic heterocycles. The highest BCUT2D eigenvalue weighted by molar-refractivity contribution is 5.90. The average Bonchev–Trinajstić information content (AvgIpc) is 2.91. The maximum Gasteiger partial charge on any atom is 0.224 e. The van der Waals surface area contributed by atoms with E-state index < -0.39 is 6.10 Å². The van der Waals surface area contributed by atoms with Gasteiger partial charge < -0.3 is 15.3 Å². The fraction of sp³-hybridized carbons (Fsp3) is 0.571. The monoisotopic (exact) mass is 263 g/mol. The lowest BCUT2D eigenvalue weighted by atomic mass is 10.2. The predicted molar refractivity (Wildman–Crippen MR) is 75.2 cm³/mol. The highest BCUT2D eigenvalue weighted by Gasteiger charge is 2.13. The highest BCUT2D eigenvalue weighted by Crippen LogP contribution is 2.19. The molecule has 1 aliphatic rings. The van der Waals surface area contributed by atoms with E-state index in [1.165, 1.54) is 12.8 Å². The Morgan fingerprint density at radius 3 is 2.79 bits per heavy atom. The molecule has 0 radical (unpaired) electrons. The van der Waals surface area contributed by atoms with Crippen molar-refractivity contribution in [1.29, 1.82) is 0 Å². The summed E-state index contributed by atoms with van der Waals surface area (Å²) < 4.78 is 0. The number of aliphatic hydroxyl groups is 1. The first kappa shape index (κ1) is 13.8. The molecule has 1 saturated heterocycles. The van der Waals surface area contributed by atoms with Crippen LogP contribution >= 0.6 is 0 Å². The van der Waals surface area contributed by atoms with Crippen molar-refractivity contribution < 1.29 is 9.90 Å². The van der Waals surface area contributed by atoms with Crippen molar-refractivity contribution in [2.45, 2.75) is 38.7 Å². The van der Waals surface area contributed by atoms with Crippen LogP contribution < -0.4 is 10.2 Å². The van der Waals surface area contributed by atoms with Crippen LogP contribution in [0.5, 0.6) is 0 Å². The molecule has 2 rings (SSSR count). The summed E-state index contributed by atoms with van der Waals surface area (Å²) in [6.45, 7) is 3.81. The number of aliphatic hydroxyl groups excluding tert-OH is 1. The number of hydrogen-bond donors (Lipinski definition) is 2. The van der Waals surface area contributed by atoms with Crippen molar-refractivity contribution in [3.8, 4) is 0 Å². The molecule has 104 valence electrons. The molecule has 0 spiro atoms. The van der Waals surface area contributed by atoms with E-state index in [1.54, 1.807) is 13.1 Å². The lowest BCUT2D eigenvalue weighted by molar-refractivity contribution is -0.116. The zero-order valence-corrected chi connectivity index (χ0v) is 11.3. The normalized spacial score (nSPS) is 16.4. The molecule has 0 aromatic carbocycles. The Kier molecular flexibility index (Phi) is 4.74. The van der Waals surface area contributed by atoms with E-state index in [-0.39, 0.29) is 5.91 Å². The SMILES string of the molecule is CC(O)CCC(=O)Nc1ccc(N2CCCC2)nc1. The summed E-state index contributed by atoms with van der Waals surface area (Å²) in [5.74, 6) is 0.885. The van der Waals surface area contributed by atoms with Gasteiger partial charge in [0.15, 0.2) is 0 Å². The van der Waals surface area contributed by atoms with Gasteiger partial charge in [0.2, 0.25) is 5.91 Å². The first-order chi connectivity index (χ1) is 9.15. The van der Waals surface area contributed by atoms with Crippen LogP contribution in [0, 0.1) is 0 Å². The molecule has 0 bridgehead atoms. The number of hydrogen-bond acceptors (Lipinski definition) is 4. The molecular weight excluding hydrogens is 242 g/mol. The van der Waals surface area contributed by atoms with Gasteiger partial charge in [-0.3, -0.25) is 4.79 Å². The summed E-state index contributed by atoms with van der Waals surface area (Å²) in [5, 5.41) is 11.9. The summed E-state index contributed by atoms with van der Waals surface area (Å²) in [6.07, 6.45) is 4.49. The van der Waals surface area contributed by atoms with Crippen LogP contribution in [0.25, 0.3) is 0 Å². The molecule has 1 atom stereocenters. The highest BCUT2D eigenvalue weighted by atomic mass is 16.3. The van der Waals surface area contributed by atoms with Crippen molar-refractivity contribution in [2.24, 2.45) is 0 Å². The second kappa shape index (κ2) is 6.52. The zero-order valence-electron chi connectivity index (χ0n) is 11.3. The first-order valence-corrected chi connectivity index (χ1v) is 6.84. The van der Waals surface area contributed by atoms with Crippen LogP contribution in [0.1, 0.15) is 32.6 Å². The molecule has 1 aliphatic heterocycles. The zero-order chi connectivity index (χ0) is 13.7. The van der Waals surface area contributed by atoms with E-state index >= 15 is 0 Å². The Bertz CT molecular complexity index is 411. The molecule has 0 saturated carbocycles. The summed E-state index contributed by atoms with van der Waals surface area (Å²) >= 11 is 0. The Balaban J connectivity index is 1.86. The number of aromatic nitrogens is 1. The number of nitrogens with one attached hydrogen (secondary N) is 1. The van der Waals surface area contributed by atoms with E-state index in [4.69, 9.17) is 5.11 Å². The topological polar surface area (TPSA) is 65.5 Å². The standard InChI is InChI=1S/C14H21N3O2/c1-11(18)4-7-14(19)16-12-5-6-13(15-10-12)17-8-2-3-9-17/h5-6,10-11,18H,2-4,7-9H2,1H3,(H,16,19). The molecule has 0 aliphatic carbocycles. The minimum Gasteiger partial charge on any atom is -0.393 e. The van der Waals surface area contributed by atoms with Gasteiger partial charge >= 0.3 is 0 Å². The second-order valence-corrected chi connectivity index (χ2v) is 5.04. The Hall–Kier alpha value is -1.62. The number of carbonyl (C=O) groups excluding carboxylic acids is 1. The van der Waals surface area contributed by atoms with Gasteiger partial charge in [-0.15, -0.1) is 0 Å². The fourth-order valence-electron chi connectivity index (χ4n) is 2.16. The largest absolute Gasteiger partial charge is 0.393 e. The minimum atomic E-state index is -0.443. The fourth-order valence-corrected chi connectivity index (χ4v) is 2.16. The van der Waals surface area contributed by atoms with E-state index in [0.717, 1.165) is 18.9 Å². The molecule has 1 unspecified atom stereocenters. The van der Waals surface area contributed by atoms with E-state index in [0.29, 0.717) is 18.5 Å².